The third kappa shape index (κ3) is 2.56. The standard InChI is InChI=1S/C10H18O4/c1-4-5-8(12)10(14,6-11)9(13)7(2)3/h11,13-14H,4-6H2,1-3H3. The number of hydrogen-bond acceptors (Lipinski definition) is 4. The summed E-state index contributed by atoms with van der Waals surface area (Å²) < 4.78 is 0. The summed E-state index contributed by atoms with van der Waals surface area (Å²) in [5.41, 5.74) is -1.69. The van der Waals surface area contributed by atoms with Crippen molar-refractivity contribution in [3.05, 3.63) is 11.3 Å². The minimum atomic E-state index is -2.12. The molecule has 3 N–H and O–H groups in total. The summed E-state index contributed by atoms with van der Waals surface area (Å²) in [7, 11) is 0. The molecule has 1 unspecified atom stereocenters. The predicted octanol–water partition coefficient (Wildman–Crippen LogP) is 0.931. The molecule has 0 rings (SSSR count). The monoisotopic (exact) mass is 202 g/mol. The predicted molar refractivity (Wildman–Crippen MR) is 53.0 cm³/mol. The molecule has 0 aliphatic heterocycles. The number of hydrogen-bond donors (Lipinski definition) is 3. The molecule has 0 amide bonds. The fourth-order valence-corrected chi connectivity index (χ4v) is 1.14. The second-order valence-electron chi connectivity index (χ2n) is 3.54. The van der Waals surface area contributed by atoms with Crippen molar-refractivity contribution in [1.82, 2.24) is 0 Å². The van der Waals surface area contributed by atoms with Gasteiger partial charge in [0, 0.05) is 6.42 Å². The molecule has 1 atom stereocenters. The lowest BCUT2D eigenvalue weighted by atomic mass is 9.92. The molecule has 4 heteroatoms. The highest BCUT2D eigenvalue weighted by molar-refractivity contribution is 5.90. The van der Waals surface area contributed by atoms with Gasteiger partial charge in [0.15, 0.2) is 5.78 Å². The van der Waals surface area contributed by atoms with E-state index < -0.39 is 23.8 Å². The van der Waals surface area contributed by atoms with Gasteiger partial charge in [-0.15, -0.1) is 0 Å². The number of aliphatic hydroxyl groups is 3. The van der Waals surface area contributed by atoms with Crippen LogP contribution in [-0.2, 0) is 4.79 Å². The average molecular weight is 202 g/mol. The number of aliphatic hydroxyl groups excluding tert-OH is 2. The molecule has 0 aliphatic carbocycles. The average Bonchev–Trinajstić information content (AvgIpc) is 2.15. The van der Waals surface area contributed by atoms with Crippen molar-refractivity contribution in [2.45, 2.75) is 39.2 Å². The Morgan fingerprint density at radius 2 is 1.86 bits per heavy atom. The molecule has 0 saturated heterocycles. The van der Waals surface area contributed by atoms with Gasteiger partial charge < -0.3 is 15.3 Å². The SMILES string of the molecule is CCCC(=O)C(O)(CO)C(O)=C(C)C. The second-order valence-corrected chi connectivity index (χ2v) is 3.54. The minimum Gasteiger partial charge on any atom is -0.509 e. The lowest BCUT2D eigenvalue weighted by molar-refractivity contribution is -0.140. The molecule has 0 heterocycles. The highest BCUT2D eigenvalue weighted by Gasteiger charge is 2.39. The zero-order valence-electron chi connectivity index (χ0n) is 8.87. The van der Waals surface area contributed by atoms with Crippen molar-refractivity contribution in [2.75, 3.05) is 6.61 Å². The highest BCUT2D eigenvalue weighted by Crippen LogP contribution is 2.20. The summed E-state index contributed by atoms with van der Waals surface area (Å²) in [5.74, 6) is -1.00. The summed E-state index contributed by atoms with van der Waals surface area (Å²) in [6.07, 6.45) is 0.700. The Kier molecular flexibility index (Phi) is 4.80. The molecule has 0 aromatic heterocycles. The first-order valence-electron chi connectivity index (χ1n) is 4.63. The van der Waals surface area contributed by atoms with Gasteiger partial charge in [-0.25, -0.2) is 0 Å². The Morgan fingerprint density at radius 3 is 2.14 bits per heavy atom. The van der Waals surface area contributed by atoms with Gasteiger partial charge in [0.2, 0.25) is 5.60 Å². The molecule has 0 aliphatic rings. The van der Waals surface area contributed by atoms with E-state index in [0.717, 1.165) is 0 Å². The van der Waals surface area contributed by atoms with Crippen LogP contribution in [0.2, 0.25) is 0 Å². The van der Waals surface area contributed by atoms with E-state index in [1.807, 2.05) is 0 Å². The smallest absolute Gasteiger partial charge is 0.202 e. The van der Waals surface area contributed by atoms with Crippen molar-refractivity contribution in [3.8, 4) is 0 Å². The third-order valence-corrected chi connectivity index (χ3v) is 2.03. The van der Waals surface area contributed by atoms with Crippen LogP contribution < -0.4 is 0 Å². The zero-order valence-corrected chi connectivity index (χ0v) is 8.87. The van der Waals surface area contributed by atoms with Crippen molar-refractivity contribution in [2.24, 2.45) is 0 Å². The Labute approximate surface area is 83.9 Å². The van der Waals surface area contributed by atoms with E-state index in [0.29, 0.717) is 12.0 Å². The first kappa shape index (κ1) is 13.1. The normalized spacial score (nSPS) is 14.6. The van der Waals surface area contributed by atoms with Gasteiger partial charge >= 0.3 is 0 Å². The van der Waals surface area contributed by atoms with E-state index in [2.05, 4.69) is 0 Å². The summed E-state index contributed by atoms with van der Waals surface area (Å²) in [5, 5.41) is 28.2. The summed E-state index contributed by atoms with van der Waals surface area (Å²) in [4.78, 5) is 11.4. The van der Waals surface area contributed by atoms with Crippen LogP contribution in [0.15, 0.2) is 11.3 Å². The lowest BCUT2D eigenvalue weighted by Gasteiger charge is -2.24. The van der Waals surface area contributed by atoms with E-state index in [9.17, 15) is 15.0 Å². The Morgan fingerprint density at radius 1 is 1.36 bits per heavy atom. The van der Waals surface area contributed by atoms with Crippen LogP contribution in [0.25, 0.3) is 0 Å². The first-order chi connectivity index (χ1) is 6.40. The van der Waals surface area contributed by atoms with Crippen LogP contribution in [-0.4, -0.2) is 33.3 Å². The second kappa shape index (κ2) is 5.12. The van der Waals surface area contributed by atoms with Crippen LogP contribution in [0.5, 0.6) is 0 Å². The van der Waals surface area contributed by atoms with Gasteiger partial charge in [0.25, 0.3) is 0 Å². The maximum Gasteiger partial charge on any atom is 0.202 e. The van der Waals surface area contributed by atoms with E-state index in [1.54, 1.807) is 20.8 Å². The third-order valence-electron chi connectivity index (χ3n) is 2.03. The van der Waals surface area contributed by atoms with Crippen molar-refractivity contribution in [1.29, 1.82) is 0 Å². The van der Waals surface area contributed by atoms with E-state index in [1.165, 1.54) is 0 Å². The molecule has 0 aromatic carbocycles. The molecule has 4 nitrogen and oxygen atoms in total. The Hall–Kier alpha value is -0.870. The van der Waals surface area contributed by atoms with E-state index in [4.69, 9.17) is 5.11 Å². The summed E-state index contributed by atoms with van der Waals surface area (Å²) in [6, 6.07) is 0. The molecule has 14 heavy (non-hydrogen) atoms. The van der Waals surface area contributed by atoms with Crippen LogP contribution in [0.3, 0.4) is 0 Å². The van der Waals surface area contributed by atoms with Crippen LogP contribution in [0.1, 0.15) is 33.6 Å². The minimum absolute atomic E-state index is 0.133. The fourth-order valence-electron chi connectivity index (χ4n) is 1.14. The topological polar surface area (TPSA) is 77.8 Å². The summed E-state index contributed by atoms with van der Waals surface area (Å²) in [6.45, 7) is 4.13. The number of carbonyl (C=O) groups excluding carboxylic acids is 1. The van der Waals surface area contributed by atoms with E-state index in [-0.39, 0.29) is 6.42 Å². The van der Waals surface area contributed by atoms with Gasteiger partial charge in [-0.2, -0.15) is 0 Å². The zero-order chi connectivity index (χ0) is 11.4. The van der Waals surface area contributed by atoms with Crippen LogP contribution in [0.4, 0.5) is 0 Å². The van der Waals surface area contributed by atoms with Crippen molar-refractivity contribution in [3.63, 3.8) is 0 Å². The van der Waals surface area contributed by atoms with Gasteiger partial charge in [-0.1, -0.05) is 6.92 Å². The largest absolute Gasteiger partial charge is 0.509 e. The molecule has 0 fully saturated rings. The van der Waals surface area contributed by atoms with Gasteiger partial charge in [0.1, 0.15) is 5.76 Å². The fraction of sp³-hybridized carbons (Fsp3) is 0.700. The molecule has 82 valence electrons. The molecule has 0 aromatic rings. The highest BCUT2D eigenvalue weighted by atomic mass is 16.4. The van der Waals surface area contributed by atoms with Gasteiger partial charge in [0.05, 0.1) is 6.61 Å². The number of rotatable bonds is 5. The van der Waals surface area contributed by atoms with Gasteiger partial charge in [-0.3, -0.25) is 4.79 Å². The maximum atomic E-state index is 11.4. The number of allylic oxidation sites excluding steroid dienone is 1. The van der Waals surface area contributed by atoms with Crippen molar-refractivity contribution >= 4 is 5.78 Å². The first-order valence-corrected chi connectivity index (χ1v) is 4.63. The van der Waals surface area contributed by atoms with E-state index >= 15 is 0 Å². The molecule has 0 bridgehead atoms. The molecule has 0 saturated carbocycles. The Bertz CT molecular complexity index is 241. The molecule has 0 spiro atoms. The summed E-state index contributed by atoms with van der Waals surface area (Å²) >= 11 is 0. The number of Topliss-reactive ketones (excluding diaryl/α,β-unsaturated/α-hetero) is 1. The molecular weight excluding hydrogens is 184 g/mol. The number of carbonyl (C=O) groups is 1. The maximum absolute atomic E-state index is 11.4. The lowest BCUT2D eigenvalue weighted by Crippen LogP contribution is -2.44. The van der Waals surface area contributed by atoms with Crippen molar-refractivity contribution < 1.29 is 20.1 Å². The van der Waals surface area contributed by atoms with Crippen LogP contribution >= 0.6 is 0 Å². The molecule has 0 radical (unpaired) electrons. The quantitative estimate of drug-likeness (QED) is 0.579. The Balaban J connectivity index is 4.99. The van der Waals surface area contributed by atoms with Crippen LogP contribution in [0, 0.1) is 0 Å². The molecular formula is C10H18O4. The van der Waals surface area contributed by atoms with Gasteiger partial charge in [-0.05, 0) is 25.8 Å². The number of ketones is 1.